The highest BCUT2D eigenvalue weighted by molar-refractivity contribution is 7.98. The van der Waals surface area contributed by atoms with Crippen molar-refractivity contribution in [1.82, 2.24) is 9.66 Å². The number of imidazole rings is 1. The standard InChI is InChI=1S/C17H16N4OS/c18-16(22)14-8-6-12(7-9-14)11-23-17-20-15(10-21(17)19)13-4-2-1-3-5-13/h1-10H,11,19H2,(H2,18,22). The Kier molecular flexibility index (Phi) is 4.34. The molecule has 2 aromatic carbocycles. The minimum Gasteiger partial charge on any atom is -0.366 e. The average Bonchev–Trinajstić information content (AvgIpc) is 2.95. The average molecular weight is 324 g/mol. The van der Waals surface area contributed by atoms with Gasteiger partial charge in [-0.15, -0.1) is 0 Å². The fraction of sp³-hybridized carbons (Fsp3) is 0.0588. The van der Waals surface area contributed by atoms with Crippen molar-refractivity contribution >= 4 is 17.7 Å². The van der Waals surface area contributed by atoms with Crippen LogP contribution in [0.15, 0.2) is 66.0 Å². The predicted molar refractivity (Wildman–Crippen MR) is 92.3 cm³/mol. The Morgan fingerprint density at radius 1 is 1.09 bits per heavy atom. The number of carbonyl (C=O) groups excluding carboxylic acids is 1. The first-order valence-electron chi connectivity index (χ1n) is 7.05. The molecule has 116 valence electrons. The molecular formula is C17H16N4OS. The van der Waals surface area contributed by atoms with Gasteiger partial charge in [-0.05, 0) is 17.7 Å². The van der Waals surface area contributed by atoms with Crippen LogP contribution in [0.2, 0.25) is 0 Å². The third-order valence-corrected chi connectivity index (χ3v) is 4.41. The second kappa shape index (κ2) is 6.58. The normalized spacial score (nSPS) is 10.6. The van der Waals surface area contributed by atoms with E-state index >= 15 is 0 Å². The molecule has 0 aliphatic carbocycles. The summed E-state index contributed by atoms with van der Waals surface area (Å²) in [6, 6.07) is 17.1. The fourth-order valence-electron chi connectivity index (χ4n) is 2.14. The lowest BCUT2D eigenvalue weighted by Gasteiger charge is -2.02. The maximum Gasteiger partial charge on any atom is 0.248 e. The lowest BCUT2D eigenvalue weighted by molar-refractivity contribution is 0.100. The van der Waals surface area contributed by atoms with Crippen LogP contribution in [0.1, 0.15) is 15.9 Å². The molecule has 0 atom stereocenters. The van der Waals surface area contributed by atoms with E-state index in [-0.39, 0.29) is 0 Å². The number of benzene rings is 2. The van der Waals surface area contributed by atoms with E-state index in [0.717, 1.165) is 22.0 Å². The third kappa shape index (κ3) is 3.54. The van der Waals surface area contributed by atoms with Crippen LogP contribution in [0.3, 0.4) is 0 Å². The number of primary amides is 1. The van der Waals surface area contributed by atoms with Crippen molar-refractivity contribution in [2.75, 3.05) is 5.84 Å². The zero-order chi connectivity index (χ0) is 16.2. The lowest BCUT2D eigenvalue weighted by Crippen LogP contribution is -2.10. The smallest absolute Gasteiger partial charge is 0.248 e. The van der Waals surface area contributed by atoms with E-state index in [1.165, 1.54) is 4.68 Å². The number of amides is 1. The molecule has 6 heteroatoms. The van der Waals surface area contributed by atoms with Gasteiger partial charge in [-0.25, -0.2) is 9.66 Å². The van der Waals surface area contributed by atoms with E-state index in [0.29, 0.717) is 11.3 Å². The highest BCUT2D eigenvalue weighted by atomic mass is 32.2. The predicted octanol–water partition coefficient (Wildman–Crippen LogP) is 2.66. The summed E-state index contributed by atoms with van der Waals surface area (Å²) in [6.07, 6.45) is 1.81. The maximum absolute atomic E-state index is 11.1. The van der Waals surface area contributed by atoms with Gasteiger partial charge in [0.25, 0.3) is 0 Å². The summed E-state index contributed by atoms with van der Waals surface area (Å²) in [6.45, 7) is 0. The van der Waals surface area contributed by atoms with Gasteiger partial charge >= 0.3 is 0 Å². The second-order valence-electron chi connectivity index (χ2n) is 5.03. The summed E-state index contributed by atoms with van der Waals surface area (Å²) in [4.78, 5) is 15.6. The van der Waals surface area contributed by atoms with Crippen molar-refractivity contribution in [1.29, 1.82) is 0 Å². The minimum atomic E-state index is -0.422. The Balaban J connectivity index is 1.71. The van der Waals surface area contributed by atoms with E-state index in [2.05, 4.69) is 4.98 Å². The van der Waals surface area contributed by atoms with Crippen LogP contribution in [0.25, 0.3) is 11.3 Å². The molecular weight excluding hydrogens is 308 g/mol. The van der Waals surface area contributed by atoms with E-state index < -0.39 is 5.91 Å². The van der Waals surface area contributed by atoms with E-state index in [9.17, 15) is 4.79 Å². The highest BCUT2D eigenvalue weighted by Gasteiger charge is 2.09. The maximum atomic E-state index is 11.1. The molecule has 0 spiro atoms. The van der Waals surface area contributed by atoms with Crippen molar-refractivity contribution in [2.45, 2.75) is 10.9 Å². The van der Waals surface area contributed by atoms with Gasteiger partial charge in [0.2, 0.25) is 5.91 Å². The molecule has 4 N–H and O–H groups in total. The molecule has 0 bridgehead atoms. The van der Waals surface area contributed by atoms with Gasteiger partial charge in [0.1, 0.15) is 0 Å². The highest BCUT2D eigenvalue weighted by Crippen LogP contribution is 2.25. The number of hydrogen-bond donors (Lipinski definition) is 2. The zero-order valence-corrected chi connectivity index (χ0v) is 13.2. The number of nitrogens with two attached hydrogens (primary N) is 2. The van der Waals surface area contributed by atoms with E-state index in [1.807, 2.05) is 48.7 Å². The molecule has 0 saturated carbocycles. The summed E-state index contributed by atoms with van der Waals surface area (Å²) in [5.74, 6) is 6.27. The molecule has 0 aliphatic heterocycles. The first-order valence-corrected chi connectivity index (χ1v) is 8.03. The van der Waals surface area contributed by atoms with Gasteiger partial charge in [-0.1, -0.05) is 54.2 Å². The van der Waals surface area contributed by atoms with Crippen molar-refractivity contribution in [2.24, 2.45) is 5.73 Å². The Labute approximate surface area is 138 Å². The second-order valence-corrected chi connectivity index (χ2v) is 5.97. The Morgan fingerprint density at radius 3 is 2.43 bits per heavy atom. The number of nitrogens with zero attached hydrogens (tertiary/aromatic N) is 2. The Hall–Kier alpha value is -2.73. The summed E-state index contributed by atoms with van der Waals surface area (Å²) in [5.41, 5.74) is 8.69. The first kappa shape index (κ1) is 15.2. The van der Waals surface area contributed by atoms with Crippen LogP contribution in [0.5, 0.6) is 0 Å². The molecule has 0 fully saturated rings. The third-order valence-electron chi connectivity index (χ3n) is 3.37. The number of nitrogen functional groups attached to an aromatic ring is 1. The van der Waals surface area contributed by atoms with Gasteiger partial charge in [0.05, 0.1) is 11.9 Å². The van der Waals surface area contributed by atoms with Gasteiger partial charge in [-0.2, -0.15) is 0 Å². The largest absolute Gasteiger partial charge is 0.366 e. The molecule has 0 saturated heterocycles. The SMILES string of the molecule is NC(=O)c1ccc(CSc2nc(-c3ccccc3)cn2N)cc1. The van der Waals surface area contributed by atoms with Crippen LogP contribution in [0.4, 0.5) is 0 Å². The number of hydrogen-bond acceptors (Lipinski definition) is 4. The molecule has 5 nitrogen and oxygen atoms in total. The monoisotopic (exact) mass is 324 g/mol. The topological polar surface area (TPSA) is 86.9 Å². The molecule has 1 amide bonds. The molecule has 0 radical (unpaired) electrons. The number of carbonyl (C=O) groups is 1. The van der Waals surface area contributed by atoms with Crippen molar-refractivity contribution < 1.29 is 4.79 Å². The number of aromatic nitrogens is 2. The van der Waals surface area contributed by atoms with Crippen LogP contribution in [-0.4, -0.2) is 15.6 Å². The molecule has 3 rings (SSSR count). The van der Waals surface area contributed by atoms with Gasteiger partial charge in [0, 0.05) is 16.9 Å². The lowest BCUT2D eigenvalue weighted by atomic mass is 10.1. The molecule has 0 unspecified atom stereocenters. The van der Waals surface area contributed by atoms with Crippen LogP contribution in [-0.2, 0) is 5.75 Å². The van der Waals surface area contributed by atoms with Gasteiger partial charge in [0.15, 0.2) is 5.16 Å². The van der Waals surface area contributed by atoms with Crippen LogP contribution < -0.4 is 11.6 Å². The van der Waals surface area contributed by atoms with E-state index in [4.69, 9.17) is 11.6 Å². The quantitative estimate of drug-likeness (QED) is 0.558. The summed E-state index contributed by atoms with van der Waals surface area (Å²) < 4.78 is 1.53. The Bertz CT molecular complexity index is 812. The molecule has 23 heavy (non-hydrogen) atoms. The molecule has 1 heterocycles. The summed E-state index contributed by atoms with van der Waals surface area (Å²) in [5, 5.41) is 0.739. The summed E-state index contributed by atoms with van der Waals surface area (Å²) >= 11 is 1.54. The van der Waals surface area contributed by atoms with E-state index in [1.54, 1.807) is 23.9 Å². The number of rotatable bonds is 5. The van der Waals surface area contributed by atoms with Crippen LogP contribution in [0, 0.1) is 0 Å². The Morgan fingerprint density at radius 2 is 1.78 bits per heavy atom. The fourth-order valence-corrected chi connectivity index (χ4v) is 3.00. The molecule has 1 aromatic heterocycles. The number of thioether (sulfide) groups is 1. The van der Waals surface area contributed by atoms with Crippen molar-refractivity contribution in [3.8, 4) is 11.3 Å². The minimum absolute atomic E-state index is 0.422. The van der Waals surface area contributed by atoms with Crippen LogP contribution >= 0.6 is 11.8 Å². The van der Waals surface area contributed by atoms with Crippen molar-refractivity contribution in [3.63, 3.8) is 0 Å². The van der Waals surface area contributed by atoms with Gasteiger partial charge in [-0.3, -0.25) is 4.79 Å². The van der Waals surface area contributed by atoms with Crippen molar-refractivity contribution in [3.05, 3.63) is 71.9 Å². The zero-order valence-electron chi connectivity index (χ0n) is 12.3. The molecule has 0 aliphatic rings. The van der Waals surface area contributed by atoms with Gasteiger partial charge < -0.3 is 11.6 Å². The summed E-state index contributed by atoms with van der Waals surface area (Å²) in [7, 11) is 0. The molecule has 3 aromatic rings. The first-order chi connectivity index (χ1) is 11.1.